The Balaban J connectivity index is 1.12. The van der Waals surface area contributed by atoms with Crippen molar-refractivity contribution in [3.05, 3.63) is 176 Å². The minimum atomic E-state index is 0.887. The van der Waals surface area contributed by atoms with Crippen LogP contribution in [0.2, 0.25) is 0 Å². The fourth-order valence-electron chi connectivity index (χ4n) is 8.85. The molecule has 52 heavy (non-hydrogen) atoms. The Morgan fingerprint density at radius 3 is 1.44 bits per heavy atom. The molecule has 0 fully saturated rings. The SMILES string of the molecule is c1ccc(-n2c3ccccc3c3ccc(-n4c5ccccc5c5c6oc7ccc(-n8c9ccccc9c9ccccc98)cc7c6ccc54)cc32)cc1. The molecule has 8 aromatic carbocycles. The molecule has 4 aromatic heterocycles. The quantitative estimate of drug-likeness (QED) is 0.185. The molecular weight excluding hydrogens is 635 g/mol. The number of nitrogens with zero attached hydrogens (tertiary/aromatic N) is 3. The molecular formula is C48H29N3O. The van der Waals surface area contributed by atoms with Gasteiger partial charge in [-0.1, -0.05) is 97.1 Å². The molecule has 0 aliphatic rings. The molecule has 0 bridgehead atoms. The van der Waals surface area contributed by atoms with Crippen LogP contribution in [0.1, 0.15) is 0 Å². The van der Waals surface area contributed by atoms with Crippen LogP contribution in [0.3, 0.4) is 0 Å². The highest BCUT2D eigenvalue weighted by atomic mass is 16.3. The predicted molar refractivity (Wildman–Crippen MR) is 217 cm³/mol. The molecule has 0 amide bonds. The second-order valence-corrected chi connectivity index (χ2v) is 13.7. The van der Waals surface area contributed by atoms with Gasteiger partial charge in [0.2, 0.25) is 0 Å². The van der Waals surface area contributed by atoms with Gasteiger partial charge in [0.05, 0.1) is 38.5 Å². The summed E-state index contributed by atoms with van der Waals surface area (Å²) in [6.45, 7) is 0. The molecule has 0 N–H and O–H groups in total. The van der Waals surface area contributed by atoms with Gasteiger partial charge in [-0.2, -0.15) is 0 Å². The topological polar surface area (TPSA) is 27.9 Å². The van der Waals surface area contributed by atoms with Crippen LogP contribution in [-0.4, -0.2) is 13.7 Å². The zero-order valence-electron chi connectivity index (χ0n) is 28.0. The van der Waals surface area contributed by atoms with Crippen LogP contribution < -0.4 is 0 Å². The predicted octanol–water partition coefficient (Wildman–Crippen LogP) is 12.9. The molecule has 0 aliphatic carbocycles. The van der Waals surface area contributed by atoms with Crippen LogP contribution >= 0.6 is 0 Å². The maximum absolute atomic E-state index is 6.83. The van der Waals surface area contributed by atoms with Gasteiger partial charge < -0.3 is 18.1 Å². The first-order chi connectivity index (χ1) is 25.8. The van der Waals surface area contributed by atoms with E-state index in [1.807, 2.05) is 0 Å². The highest BCUT2D eigenvalue weighted by Gasteiger charge is 2.21. The Labute approximate surface area is 297 Å². The minimum Gasteiger partial charge on any atom is -0.455 e. The largest absolute Gasteiger partial charge is 0.455 e. The molecule has 4 nitrogen and oxygen atoms in total. The van der Waals surface area contributed by atoms with Crippen molar-refractivity contribution in [2.45, 2.75) is 0 Å². The zero-order chi connectivity index (χ0) is 33.9. The number of hydrogen-bond donors (Lipinski definition) is 0. The van der Waals surface area contributed by atoms with E-state index in [2.05, 4.69) is 190 Å². The number of para-hydroxylation sites is 5. The Morgan fingerprint density at radius 1 is 0.288 bits per heavy atom. The summed E-state index contributed by atoms with van der Waals surface area (Å²) in [6.07, 6.45) is 0. The zero-order valence-corrected chi connectivity index (χ0v) is 28.0. The first-order valence-electron chi connectivity index (χ1n) is 17.8. The van der Waals surface area contributed by atoms with E-state index < -0.39 is 0 Å². The van der Waals surface area contributed by atoms with Gasteiger partial charge in [-0.3, -0.25) is 0 Å². The summed E-state index contributed by atoms with van der Waals surface area (Å²) in [4.78, 5) is 0. The van der Waals surface area contributed by atoms with Crippen LogP contribution in [0.4, 0.5) is 0 Å². The summed E-state index contributed by atoms with van der Waals surface area (Å²) in [5, 5.41) is 9.54. The first-order valence-corrected chi connectivity index (χ1v) is 17.8. The van der Waals surface area contributed by atoms with Crippen LogP contribution in [0, 0.1) is 0 Å². The summed E-state index contributed by atoms with van der Waals surface area (Å²) >= 11 is 0. The van der Waals surface area contributed by atoms with Crippen molar-refractivity contribution >= 4 is 87.4 Å². The Morgan fingerprint density at radius 2 is 0.769 bits per heavy atom. The van der Waals surface area contributed by atoms with E-state index in [0.29, 0.717) is 0 Å². The molecule has 0 aliphatic heterocycles. The lowest BCUT2D eigenvalue weighted by Gasteiger charge is -2.11. The second-order valence-electron chi connectivity index (χ2n) is 13.7. The molecule has 4 heteroatoms. The Kier molecular flexibility index (Phi) is 5.47. The van der Waals surface area contributed by atoms with E-state index in [9.17, 15) is 0 Å². The number of hydrogen-bond acceptors (Lipinski definition) is 1. The van der Waals surface area contributed by atoms with E-state index in [4.69, 9.17) is 4.42 Å². The lowest BCUT2D eigenvalue weighted by atomic mass is 10.1. The maximum atomic E-state index is 6.83. The van der Waals surface area contributed by atoms with Gasteiger partial charge in [-0.25, -0.2) is 0 Å². The van der Waals surface area contributed by atoms with Crippen molar-refractivity contribution in [2.75, 3.05) is 0 Å². The number of aromatic nitrogens is 3. The summed E-state index contributed by atoms with van der Waals surface area (Å²) in [7, 11) is 0. The maximum Gasteiger partial charge on any atom is 0.145 e. The van der Waals surface area contributed by atoms with E-state index in [-0.39, 0.29) is 0 Å². The summed E-state index contributed by atoms with van der Waals surface area (Å²) < 4.78 is 14.0. The normalized spacial score (nSPS) is 12.2. The van der Waals surface area contributed by atoms with E-state index in [1.165, 1.54) is 49.0 Å². The third kappa shape index (κ3) is 3.65. The highest BCUT2D eigenvalue weighted by Crippen LogP contribution is 2.43. The number of benzene rings is 8. The van der Waals surface area contributed by atoms with Crippen LogP contribution in [0.25, 0.3) is 104 Å². The molecule has 0 saturated carbocycles. The fraction of sp³-hybridized carbons (Fsp3) is 0. The lowest BCUT2D eigenvalue weighted by Crippen LogP contribution is -1.96. The van der Waals surface area contributed by atoms with E-state index >= 15 is 0 Å². The highest BCUT2D eigenvalue weighted by molar-refractivity contribution is 6.24. The average Bonchev–Trinajstić information content (AvgIpc) is 3.94. The molecule has 0 radical (unpaired) electrons. The number of fused-ring (bicyclic) bond motifs is 13. The average molecular weight is 664 g/mol. The van der Waals surface area contributed by atoms with Crippen molar-refractivity contribution in [2.24, 2.45) is 0 Å². The summed E-state index contributed by atoms with van der Waals surface area (Å²) in [5.41, 5.74) is 12.2. The van der Waals surface area contributed by atoms with Crippen molar-refractivity contribution < 1.29 is 4.42 Å². The molecule has 12 rings (SSSR count). The van der Waals surface area contributed by atoms with Crippen LogP contribution in [-0.2, 0) is 0 Å². The summed E-state index contributed by atoms with van der Waals surface area (Å²) in [5.74, 6) is 0. The smallest absolute Gasteiger partial charge is 0.145 e. The molecule has 12 aromatic rings. The lowest BCUT2D eigenvalue weighted by molar-refractivity contribution is 0.673. The molecule has 0 atom stereocenters. The van der Waals surface area contributed by atoms with Gasteiger partial charge in [0, 0.05) is 54.8 Å². The van der Waals surface area contributed by atoms with Crippen LogP contribution in [0.5, 0.6) is 0 Å². The van der Waals surface area contributed by atoms with Crippen molar-refractivity contribution in [3.63, 3.8) is 0 Å². The van der Waals surface area contributed by atoms with Gasteiger partial charge in [0.1, 0.15) is 11.2 Å². The van der Waals surface area contributed by atoms with Gasteiger partial charge in [0.15, 0.2) is 0 Å². The first kappa shape index (κ1) is 27.7. The summed E-state index contributed by atoms with van der Waals surface area (Å²) in [6, 6.07) is 63.4. The standard InChI is InChI=1S/C48H29N3O/c1-2-12-30(13-3-1)49-40-18-8-6-16-35(40)36-24-22-32(29-45(36)49)51-43-21-11-7-17-38(43)47-44(51)26-25-37-39-28-31(23-27-46(39)52-48(37)47)50-41-19-9-4-14-33(41)34-15-5-10-20-42(34)50/h1-29H. The van der Waals surface area contributed by atoms with Gasteiger partial charge in [-0.15, -0.1) is 0 Å². The van der Waals surface area contributed by atoms with Crippen molar-refractivity contribution in [3.8, 4) is 17.1 Å². The molecule has 0 spiro atoms. The third-order valence-corrected chi connectivity index (χ3v) is 11.0. The second kappa shape index (κ2) is 10.3. The molecule has 0 saturated heterocycles. The molecule has 242 valence electrons. The van der Waals surface area contributed by atoms with E-state index in [1.54, 1.807) is 0 Å². The van der Waals surface area contributed by atoms with E-state index in [0.717, 1.165) is 55.4 Å². The Hall–Kier alpha value is -7.04. The van der Waals surface area contributed by atoms with Crippen molar-refractivity contribution in [1.82, 2.24) is 13.7 Å². The molecule has 0 unspecified atom stereocenters. The monoisotopic (exact) mass is 663 g/mol. The van der Waals surface area contributed by atoms with Gasteiger partial charge in [-0.05, 0) is 78.9 Å². The van der Waals surface area contributed by atoms with Gasteiger partial charge >= 0.3 is 0 Å². The minimum absolute atomic E-state index is 0.887. The number of furan rings is 1. The van der Waals surface area contributed by atoms with Crippen molar-refractivity contribution in [1.29, 1.82) is 0 Å². The van der Waals surface area contributed by atoms with Crippen LogP contribution in [0.15, 0.2) is 180 Å². The van der Waals surface area contributed by atoms with Gasteiger partial charge in [0.25, 0.3) is 0 Å². The number of rotatable bonds is 3. The molecule has 4 heterocycles. The third-order valence-electron chi connectivity index (χ3n) is 11.0. The Bertz CT molecular complexity index is 3360. The fourth-order valence-corrected chi connectivity index (χ4v) is 8.85.